The summed E-state index contributed by atoms with van der Waals surface area (Å²) in [5, 5.41) is 20.5. The molecule has 0 bridgehead atoms. The van der Waals surface area contributed by atoms with Gasteiger partial charge < -0.3 is 25.4 Å². The van der Waals surface area contributed by atoms with Gasteiger partial charge in [0.05, 0.1) is 11.5 Å². The van der Waals surface area contributed by atoms with E-state index in [4.69, 9.17) is 9.47 Å². The third-order valence-electron chi connectivity index (χ3n) is 4.03. The van der Waals surface area contributed by atoms with Gasteiger partial charge in [0.15, 0.2) is 17.5 Å². The maximum Gasteiger partial charge on any atom is 0.292 e. The summed E-state index contributed by atoms with van der Waals surface area (Å²) in [4.78, 5) is 15.2. The van der Waals surface area contributed by atoms with Gasteiger partial charge in [-0.3, -0.25) is 10.1 Å². The Balaban J connectivity index is 0.00000300. The quantitative estimate of drug-likeness (QED) is 0.124. The largest absolute Gasteiger partial charge is 0.454 e. The number of para-hydroxylation sites is 2. The lowest BCUT2D eigenvalue weighted by atomic mass is 10.2. The Morgan fingerprint density at radius 1 is 1.14 bits per heavy atom. The molecule has 9 nitrogen and oxygen atoms in total. The second-order valence-corrected chi connectivity index (χ2v) is 6.01. The van der Waals surface area contributed by atoms with Crippen LogP contribution >= 0.6 is 24.0 Å². The van der Waals surface area contributed by atoms with Crippen LogP contribution in [0, 0.1) is 10.1 Å². The molecule has 29 heavy (non-hydrogen) atoms. The minimum absolute atomic E-state index is 0. The van der Waals surface area contributed by atoms with Gasteiger partial charge >= 0.3 is 0 Å². The van der Waals surface area contributed by atoms with E-state index in [-0.39, 0.29) is 36.5 Å². The zero-order chi connectivity index (χ0) is 19.8. The molecule has 3 N–H and O–H groups in total. The summed E-state index contributed by atoms with van der Waals surface area (Å²) >= 11 is 0. The lowest BCUT2D eigenvalue weighted by Crippen LogP contribution is -2.39. The monoisotopic (exact) mass is 513 g/mol. The van der Waals surface area contributed by atoms with Crippen LogP contribution in [0.25, 0.3) is 0 Å². The zero-order valence-corrected chi connectivity index (χ0v) is 18.3. The predicted molar refractivity (Wildman–Crippen MR) is 122 cm³/mol. The Labute approximate surface area is 186 Å². The summed E-state index contributed by atoms with van der Waals surface area (Å²) in [6.45, 7) is 4.52. The second-order valence-electron chi connectivity index (χ2n) is 6.01. The number of hydrogen-bond donors (Lipinski definition) is 3. The molecular formula is C19H24IN5O4. The SMILES string of the molecule is CCNC(=NCc1ccc2c(c1)OCO2)NCCNc1ccccc1[N+](=O)[O-].I. The minimum atomic E-state index is -0.396. The van der Waals surface area contributed by atoms with Crippen molar-refractivity contribution in [2.75, 3.05) is 31.7 Å². The highest BCUT2D eigenvalue weighted by molar-refractivity contribution is 14.0. The summed E-state index contributed by atoms with van der Waals surface area (Å²) < 4.78 is 10.7. The van der Waals surface area contributed by atoms with Crippen molar-refractivity contribution in [3.8, 4) is 11.5 Å². The molecule has 1 aliphatic heterocycles. The standard InChI is InChI=1S/C19H23N5O4.HI/c1-2-20-19(23-12-14-7-8-17-18(11-14)28-13-27-17)22-10-9-21-15-5-3-4-6-16(15)24(25)26;/h3-8,11,21H,2,9-10,12-13H2,1H3,(H2,20,22,23);1H. The number of aliphatic imine (C=N–C) groups is 1. The first-order valence-corrected chi connectivity index (χ1v) is 9.05. The Kier molecular flexibility index (Phi) is 8.77. The van der Waals surface area contributed by atoms with E-state index >= 15 is 0 Å². The molecule has 0 aromatic heterocycles. The maximum atomic E-state index is 11.0. The topological polar surface area (TPSA) is 110 Å². The molecule has 156 valence electrons. The fourth-order valence-corrected chi connectivity index (χ4v) is 2.71. The number of ether oxygens (including phenoxy) is 2. The van der Waals surface area contributed by atoms with Crippen molar-refractivity contribution in [3.63, 3.8) is 0 Å². The van der Waals surface area contributed by atoms with Crippen LogP contribution in [-0.2, 0) is 6.54 Å². The molecular weight excluding hydrogens is 489 g/mol. The third-order valence-corrected chi connectivity index (χ3v) is 4.03. The van der Waals surface area contributed by atoms with E-state index in [1.807, 2.05) is 25.1 Å². The number of benzene rings is 2. The van der Waals surface area contributed by atoms with Crippen molar-refractivity contribution in [2.24, 2.45) is 4.99 Å². The lowest BCUT2D eigenvalue weighted by Gasteiger charge is -2.12. The number of nitrogens with zero attached hydrogens (tertiary/aromatic N) is 2. The number of fused-ring (bicyclic) bond motifs is 1. The van der Waals surface area contributed by atoms with E-state index in [2.05, 4.69) is 20.9 Å². The van der Waals surface area contributed by atoms with Gasteiger partial charge in [-0.2, -0.15) is 0 Å². The molecule has 2 aromatic rings. The predicted octanol–water partition coefficient (Wildman–Crippen LogP) is 3.11. The van der Waals surface area contributed by atoms with Gasteiger partial charge in [0.1, 0.15) is 5.69 Å². The molecule has 0 fully saturated rings. The minimum Gasteiger partial charge on any atom is -0.454 e. The zero-order valence-electron chi connectivity index (χ0n) is 16.0. The van der Waals surface area contributed by atoms with E-state index in [9.17, 15) is 10.1 Å². The number of guanidine groups is 1. The van der Waals surface area contributed by atoms with E-state index in [1.165, 1.54) is 6.07 Å². The van der Waals surface area contributed by atoms with E-state index in [0.29, 0.717) is 31.3 Å². The van der Waals surface area contributed by atoms with Crippen molar-refractivity contribution < 1.29 is 14.4 Å². The summed E-state index contributed by atoms with van der Waals surface area (Å²) in [7, 11) is 0. The van der Waals surface area contributed by atoms with Crippen LogP contribution in [0.4, 0.5) is 11.4 Å². The van der Waals surface area contributed by atoms with Crippen LogP contribution in [0.2, 0.25) is 0 Å². The third kappa shape index (κ3) is 6.38. The second kappa shape index (κ2) is 11.3. The highest BCUT2D eigenvalue weighted by Crippen LogP contribution is 2.32. The van der Waals surface area contributed by atoms with Crippen LogP contribution in [-0.4, -0.2) is 37.3 Å². The first-order chi connectivity index (χ1) is 13.7. The van der Waals surface area contributed by atoms with E-state index in [0.717, 1.165) is 23.6 Å². The van der Waals surface area contributed by atoms with Crippen LogP contribution in [0.3, 0.4) is 0 Å². The summed E-state index contributed by atoms with van der Waals surface area (Å²) in [6.07, 6.45) is 0. The number of anilines is 1. The normalized spacial score (nSPS) is 12.1. The molecule has 0 saturated heterocycles. The number of rotatable bonds is 8. The number of hydrogen-bond acceptors (Lipinski definition) is 6. The van der Waals surface area contributed by atoms with Crippen LogP contribution in [0.1, 0.15) is 12.5 Å². The van der Waals surface area contributed by atoms with E-state index < -0.39 is 4.92 Å². The number of nitro groups is 1. The summed E-state index contributed by atoms with van der Waals surface area (Å²) in [5.41, 5.74) is 1.57. The maximum absolute atomic E-state index is 11.0. The van der Waals surface area contributed by atoms with Crippen LogP contribution in [0.15, 0.2) is 47.5 Å². The van der Waals surface area contributed by atoms with Gasteiger partial charge in [0.25, 0.3) is 5.69 Å². The van der Waals surface area contributed by atoms with E-state index in [1.54, 1.807) is 18.2 Å². The van der Waals surface area contributed by atoms with Gasteiger partial charge in [0, 0.05) is 25.7 Å². The van der Waals surface area contributed by atoms with Crippen molar-refractivity contribution in [1.29, 1.82) is 0 Å². The van der Waals surface area contributed by atoms with Crippen molar-refractivity contribution in [1.82, 2.24) is 10.6 Å². The molecule has 0 saturated carbocycles. The Morgan fingerprint density at radius 2 is 1.93 bits per heavy atom. The highest BCUT2D eigenvalue weighted by atomic mass is 127. The number of nitro benzene ring substituents is 1. The first kappa shape index (κ1) is 22.5. The molecule has 3 rings (SSSR count). The summed E-state index contributed by atoms with van der Waals surface area (Å²) in [6, 6.07) is 12.3. The van der Waals surface area contributed by atoms with Gasteiger partial charge in [-0.1, -0.05) is 18.2 Å². The molecule has 0 atom stereocenters. The molecule has 0 unspecified atom stereocenters. The molecule has 0 spiro atoms. The average molecular weight is 513 g/mol. The fourth-order valence-electron chi connectivity index (χ4n) is 2.71. The Bertz CT molecular complexity index is 862. The molecule has 10 heteroatoms. The van der Waals surface area contributed by atoms with Gasteiger partial charge in [0.2, 0.25) is 6.79 Å². The highest BCUT2D eigenvalue weighted by Gasteiger charge is 2.13. The fraction of sp³-hybridized carbons (Fsp3) is 0.316. The number of halogens is 1. The average Bonchev–Trinajstić information content (AvgIpc) is 3.17. The van der Waals surface area contributed by atoms with Gasteiger partial charge in [-0.25, -0.2) is 4.99 Å². The summed E-state index contributed by atoms with van der Waals surface area (Å²) in [5.74, 6) is 2.16. The smallest absolute Gasteiger partial charge is 0.292 e. The van der Waals surface area contributed by atoms with Gasteiger partial charge in [-0.15, -0.1) is 24.0 Å². The van der Waals surface area contributed by atoms with Crippen LogP contribution < -0.4 is 25.4 Å². The molecule has 1 aliphatic rings. The molecule has 0 aliphatic carbocycles. The van der Waals surface area contributed by atoms with Crippen LogP contribution in [0.5, 0.6) is 11.5 Å². The molecule has 0 radical (unpaired) electrons. The molecule has 1 heterocycles. The lowest BCUT2D eigenvalue weighted by molar-refractivity contribution is -0.384. The molecule has 0 amide bonds. The van der Waals surface area contributed by atoms with Gasteiger partial charge in [-0.05, 0) is 30.7 Å². The molecule has 2 aromatic carbocycles. The first-order valence-electron chi connectivity index (χ1n) is 9.05. The Hall–Kier alpha value is -2.76. The number of nitrogens with one attached hydrogen (secondary N) is 3. The van der Waals surface area contributed by atoms with Crippen molar-refractivity contribution >= 4 is 41.3 Å². The van der Waals surface area contributed by atoms with Crippen molar-refractivity contribution in [2.45, 2.75) is 13.5 Å². The Morgan fingerprint density at radius 3 is 2.72 bits per heavy atom. The van der Waals surface area contributed by atoms with Crippen molar-refractivity contribution in [3.05, 3.63) is 58.1 Å².